The van der Waals surface area contributed by atoms with Crippen molar-refractivity contribution >= 4 is 11.5 Å². The number of anilines is 1. The van der Waals surface area contributed by atoms with Crippen LogP contribution in [0.25, 0.3) is 0 Å². The Labute approximate surface area is 99.3 Å². The molecule has 17 heavy (non-hydrogen) atoms. The van der Waals surface area contributed by atoms with Gasteiger partial charge in [0.1, 0.15) is 6.20 Å². The van der Waals surface area contributed by atoms with Crippen molar-refractivity contribution in [1.82, 2.24) is 15.1 Å². The molecule has 1 fully saturated rings. The van der Waals surface area contributed by atoms with E-state index in [2.05, 4.69) is 27.3 Å². The number of rotatable bonds is 5. The predicted octanol–water partition coefficient (Wildman–Crippen LogP) is 1.07. The zero-order valence-electron chi connectivity index (χ0n) is 9.85. The standard InChI is InChI=1S/C10H17N5O2/c1-2-14-4-3-8(7-14)5-11-9-6-12-13-10(9)15(16)17/h6,8,11H,2-5,7H2,1H3,(H,12,13). The van der Waals surface area contributed by atoms with Crippen LogP contribution in [0.2, 0.25) is 0 Å². The van der Waals surface area contributed by atoms with Gasteiger partial charge in [-0.3, -0.25) is 0 Å². The maximum Gasteiger partial charge on any atom is 0.366 e. The topological polar surface area (TPSA) is 87.1 Å². The summed E-state index contributed by atoms with van der Waals surface area (Å²) >= 11 is 0. The molecule has 2 N–H and O–H groups in total. The highest BCUT2D eigenvalue weighted by atomic mass is 16.6. The van der Waals surface area contributed by atoms with Crippen molar-refractivity contribution in [1.29, 1.82) is 0 Å². The fourth-order valence-corrected chi connectivity index (χ4v) is 2.17. The molecule has 1 atom stereocenters. The van der Waals surface area contributed by atoms with Gasteiger partial charge in [0.15, 0.2) is 5.69 Å². The lowest BCUT2D eigenvalue weighted by Crippen LogP contribution is -2.22. The van der Waals surface area contributed by atoms with Gasteiger partial charge in [0.05, 0.1) is 0 Å². The van der Waals surface area contributed by atoms with Gasteiger partial charge in [-0.15, -0.1) is 5.10 Å². The third-order valence-corrected chi connectivity index (χ3v) is 3.20. The van der Waals surface area contributed by atoms with Crippen molar-refractivity contribution in [3.8, 4) is 0 Å². The van der Waals surface area contributed by atoms with Gasteiger partial charge in [0.2, 0.25) is 0 Å². The summed E-state index contributed by atoms with van der Waals surface area (Å²) < 4.78 is 0. The maximum absolute atomic E-state index is 10.7. The molecule has 1 aliphatic heterocycles. The van der Waals surface area contributed by atoms with Crippen LogP contribution in [0.5, 0.6) is 0 Å². The molecule has 7 heteroatoms. The number of hydrogen-bond acceptors (Lipinski definition) is 5. The van der Waals surface area contributed by atoms with Gasteiger partial charge in [0.25, 0.3) is 0 Å². The minimum absolute atomic E-state index is 0.0599. The summed E-state index contributed by atoms with van der Waals surface area (Å²) in [7, 11) is 0. The molecule has 0 bridgehead atoms. The molecule has 0 aromatic carbocycles. The van der Waals surface area contributed by atoms with Crippen molar-refractivity contribution in [3.63, 3.8) is 0 Å². The highest BCUT2D eigenvalue weighted by molar-refractivity contribution is 5.55. The molecule has 94 valence electrons. The second kappa shape index (κ2) is 5.13. The number of nitrogens with zero attached hydrogens (tertiary/aromatic N) is 3. The molecule has 1 aromatic heterocycles. The SMILES string of the molecule is CCN1CCC(CNc2cn[nH]c2[N+](=O)[O-])C1. The second-order valence-electron chi connectivity index (χ2n) is 4.32. The third kappa shape index (κ3) is 2.73. The van der Waals surface area contributed by atoms with E-state index in [0.717, 1.165) is 32.6 Å². The number of likely N-dealkylation sites (tertiary alicyclic amines) is 1. The Balaban J connectivity index is 1.86. The number of nitrogens with one attached hydrogen (secondary N) is 2. The first kappa shape index (κ1) is 11.8. The lowest BCUT2D eigenvalue weighted by atomic mass is 10.1. The minimum atomic E-state index is -0.456. The van der Waals surface area contributed by atoms with Crippen LogP contribution in [0.3, 0.4) is 0 Å². The molecule has 1 aliphatic rings. The average molecular weight is 239 g/mol. The summed E-state index contributed by atoms with van der Waals surface area (Å²) in [5, 5.41) is 19.8. The molecule has 0 amide bonds. The Morgan fingerprint density at radius 1 is 1.76 bits per heavy atom. The molecule has 0 saturated carbocycles. The van der Waals surface area contributed by atoms with Gasteiger partial charge < -0.3 is 20.3 Å². The Morgan fingerprint density at radius 3 is 3.24 bits per heavy atom. The highest BCUT2D eigenvalue weighted by Gasteiger charge is 2.22. The molecular formula is C10H17N5O2. The molecule has 2 heterocycles. The van der Waals surface area contributed by atoms with Crippen LogP contribution < -0.4 is 5.32 Å². The number of aromatic amines is 1. The monoisotopic (exact) mass is 239 g/mol. The summed E-state index contributed by atoms with van der Waals surface area (Å²) in [6, 6.07) is 0. The summed E-state index contributed by atoms with van der Waals surface area (Å²) in [5.41, 5.74) is 0.477. The van der Waals surface area contributed by atoms with E-state index >= 15 is 0 Å². The lowest BCUT2D eigenvalue weighted by molar-refractivity contribution is -0.388. The first-order valence-electron chi connectivity index (χ1n) is 5.84. The first-order valence-corrected chi connectivity index (χ1v) is 5.84. The normalized spacial score (nSPS) is 20.6. The van der Waals surface area contributed by atoms with E-state index in [1.165, 1.54) is 6.20 Å². The minimum Gasteiger partial charge on any atom is -0.377 e. The van der Waals surface area contributed by atoms with Crippen molar-refractivity contribution < 1.29 is 4.92 Å². The van der Waals surface area contributed by atoms with Gasteiger partial charge in [-0.2, -0.15) is 0 Å². The lowest BCUT2D eigenvalue weighted by Gasteiger charge is -2.13. The van der Waals surface area contributed by atoms with Crippen molar-refractivity contribution in [3.05, 3.63) is 16.3 Å². The van der Waals surface area contributed by atoms with E-state index in [0.29, 0.717) is 11.6 Å². The maximum atomic E-state index is 10.7. The molecule has 0 radical (unpaired) electrons. The molecule has 1 aromatic rings. The van der Waals surface area contributed by atoms with Crippen molar-refractivity contribution in [2.45, 2.75) is 13.3 Å². The highest BCUT2D eigenvalue weighted by Crippen LogP contribution is 2.22. The Hall–Kier alpha value is -1.63. The number of nitro groups is 1. The number of aromatic nitrogens is 2. The van der Waals surface area contributed by atoms with Gasteiger partial charge >= 0.3 is 5.82 Å². The Bertz CT molecular complexity index is 392. The molecule has 0 spiro atoms. The van der Waals surface area contributed by atoms with E-state index in [1.54, 1.807) is 0 Å². The third-order valence-electron chi connectivity index (χ3n) is 3.20. The van der Waals surface area contributed by atoms with Crippen LogP contribution in [0.1, 0.15) is 13.3 Å². The van der Waals surface area contributed by atoms with Crippen LogP contribution in [0, 0.1) is 16.0 Å². The fourth-order valence-electron chi connectivity index (χ4n) is 2.17. The van der Waals surface area contributed by atoms with E-state index in [4.69, 9.17) is 0 Å². The van der Waals surface area contributed by atoms with Crippen LogP contribution in [0.15, 0.2) is 6.20 Å². The number of hydrogen-bond donors (Lipinski definition) is 2. The van der Waals surface area contributed by atoms with Gasteiger partial charge in [-0.1, -0.05) is 12.0 Å². The summed E-state index contributed by atoms with van der Waals surface area (Å²) in [6.07, 6.45) is 2.61. The summed E-state index contributed by atoms with van der Waals surface area (Å²) in [5.74, 6) is 0.500. The summed E-state index contributed by atoms with van der Waals surface area (Å²) in [6.45, 7) is 6.17. The molecular weight excluding hydrogens is 222 g/mol. The molecule has 0 aliphatic carbocycles. The zero-order valence-corrected chi connectivity index (χ0v) is 9.85. The van der Waals surface area contributed by atoms with Crippen LogP contribution in [-0.4, -0.2) is 46.2 Å². The fraction of sp³-hybridized carbons (Fsp3) is 0.700. The first-order chi connectivity index (χ1) is 8.20. The van der Waals surface area contributed by atoms with Crippen LogP contribution >= 0.6 is 0 Å². The van der Waals surface area contributed by atoms with Crippen molar-refractivity contribution in [2.24, 2.45) is 5.92 Å². The van der Waals surface area contributed by atoms with E-state index in [9.17, 15) is 10.1 Å². The van der Waals surface area contributed by atoms with Crippen LogP contribution in [0.4, 0.5) is 11.5 Å². The number of H-pyrrole nitrogens is 1. The summed E-state index contributed by atoms with van der Waals surface area (Å²) in [4.78, 5) is 12.6. The van der Waals surface area contributed by atoms with E-state index < -0.39 is 4.92 Å². The van der Waals surface area contributed by atoms with Crippen molar-refractivity contribution in [2.75, 3.05) is 31.5 Å². The predicted molar refractivity (Wildman–Crippen MR) is 64.0 cm³/mol. The molecule has 7 nitrogen and oxygen atoms in total. The van der Waals surface area contributed by atoms with Gasteiger partial charge in [-0.25, -0.2) is 0 Å². The smallest absolute Gasteiger partial charge is 0.366 e. The van der Waals surface area contributed by atoms with E-state index in [-0.39, 0.29) is 5.82 Å². The molecule has 2 rings (SSSR count). The quantitative estimate of drug-likeness (QED) is 0.593. The Kier molecular flexibility index (Phi) is 3.58. The molecule has 1 saturated heterocycles. The zero-order chi connectivity index (χ0) is 12.3. The molecule has 1 unspecified atom stereocenters. The van der Waals surface area contributed by atoms with Gasteiger partial charge in [-0.05, 0) is 30.4 Å². The largest absolute Gasteiger partial charge is 0.377 e. The average Bonchev–Trinajstić information content (AvgIpc) is 2.95. The van der Waals surface area contributed by atoms with Crippen LogP contribution in [-0.2, 0) is 0 Å². The van der Waals surface area contributed by atoms with E-state index in [1.807, 2.05) is 0 Å². The van der Waals surface area contributed by atoms with Gasteiger partial charge in [0, 0.05) is 13.1 Å². The Morgan fingerprint density at radius 2 is 2.59 bits per heavy atom. The second-order valence-corrected chi connectivity index (χ2v) is 4.32.